The molecule has 0 bridgehead atoms. The van der Waals surface area contributed by atoms with E-state index in [1.54, 1.807) is 17.1 Å². The molecule has 0 spiro atoms. The normalized spacial score (nSPS) is 9.88. The average Bonchev–Trinajstić information content (AvgIpc) is 2.58. The van der Waals surface area contributed by atoms with Crippen molar-refractivity contribution >= 4 is 49.1 Å². The van der Waals surface area contributed by atoms with E-state index in [1.807, 2.05) is 6.07 Å². The van der Waals surface area contributed by atoms with Crippen molar-refractivity contribution in [1.29, 1.82) is 0 Å². The molecule has 0 aliphatic carbocycles. The van der Waals surface area contributed by atoms with E-state index in [4.69, 9.17) is 0 Å². The minimum Gasteiger partial charge on any atom is -0.331 e. The molecule has 2 nitrogen and oxygen atoms in total. The Bertz CT molecular complexity index is 385. The van der Waals surface area contributed by atoms with Gasteiger partial charge in [-0.2, -0.15) is 0 Å². The lowest BCUT2D eigenvalue weighted by molar-refractivity contribution is 0.0795. The van der Waals surface area contributed by atoms with Gasteiger partial charge in [0.2, 0.25) is 0 Å². The molecule has 0 atom stereocenters. The summed E-state index contributed by atoms with van der Waals surface area (Å²) in [6.45, 7) is 8.33. The number of rotatable bonds is 5. The highest BCUT2D eigenvalue weighted by atomic mass is 79.9. The maximum atomic E-state index is 12.1. The van der Waals surface area contributed by atoms with Gasteiger partial charge in [-0.05, 0) is 37.9 Å². The van der Waals surface area contributed by atoms with Gasteiger partial charge in [-0.15, -0.1) is 24.5 Å². The van der Waals surface area contributed by atoms with Gasteiger partial charge in [-0.3, -0.25) is 4.79 Å². The van der Waals surface area contributed by atoms with Crippen LogP contribution in [0.4, 0.5) is 0 Å². The number of nitrogens with zero attached hydrogens (tertiary/aromatic N) is 1. The number of hydrogen-bond acceptors (Lipinski definition) is 2. The lowest BCUT2D eigenvalue weighted by Crippen LogP contribution is -2.30. The Morgan fingerprint density at radius 2 is 1.94 bits per heavy atom. The van der Waals surface area contributed by atoms with Gasteiger partial charge in [0.1, 0.15) is 0 Å². The summed E-state index contributed by atoms with van der Waals surface area (Å²) in [7, 11) is 0. The van der Waals surface area contributed by atoms with E-state index in [0.29, 0.717) is 18.0 Å². The third-order valence-corrected chi connectivity index (χ3v) is 5.09. The quantitative estimate of drug-likeness (QED) is 0.720. The van der Waals surface area contributed by atoms with Gasteiger partial charge in [0.05, 0.1) is 8.66 Å². The fourth-order valence-corrected chi connectivity index (χ4v) is 3.16. The summed E-state index contributed by atoms with van der Waals surface area (Å²) in [6, 6.07) is 1.82. The van der Waals surface area contributed by atoms with E-state index in [1.165, 1.54) is 11.3 Å². The van der Waals surface area contributed by atoms with E-state index in [9.17, 15) is 4.79 Å². The van der Waals surface area contributed by atoms with Crippen molar-refractivity contribution in [2.45, 2.75) is 0 Å². The maximum absolute atomic E-state index is 12.1. The van der Waals surface area contributed by atoms with Crippen LogP contribution in [0.1, 0.15) is 9.67 Å². The monoisotopic (exact) mass is 363 g/mol. The maximum Gasteiger partial charge on any atom is 0.264 e. The molecule has 86 valence electrons. The molecule has 1 rings (SSSR count). The zero-order valence-electron chi connectivity index (χ0n) is 8.58. The van der Waals surface area contributed by atoms with Crippen LogP contribution in [0, 0.1) is 0 Å². The molecule has 0 aliphatic rings. The zero-order valence-corrected chi connectivity index (χ0v) is 12.6. The smallest absolute Gasteiger partial charge is 0.264 e. The van der Waals surface area contributed by atoms with Crippen molar-refractivity contribution in [3.8, 4) is 0 Å². The van der Waals surface area contributed by atoms with Crippen molar-refractivity contribution in [2.24, 2.45) is 0 Å². The van der Waals surface area contributed by atoms with Crippen LogP contribution in [0.3, 0.4) is 0 Å². The van der Waals surface area contributed by atoms with Crippen molar-refractivity contribution in [1.82, 2.24) is 4.90 Å². The molecule has 0 unspecified atom stereocenters. The molecule has 16 heavy (non-hydrogen) atoms. The molecular formula is C11H11Br2NOS. The van der Waals surface area contributed by atoms with Crippen LogP contribution in [0.2, 0.25) is 0 Å². The van der Waals surface area contributed by atoms with E-state index < -0.39 is 0 Å². The summed E-state index contributed by atoms with van der Waals surface area (Å²) in [4.78, 5) is 14.5. The highest BCUT2D eigenvalue weighted by Gasteiger charge is 2.17. The van der Waals surface area contributed by atoms with Crippen molar-refractivity contribution in [3.63, 3.8) is 0 Å². The van der Waals surface area contributed by atoms with Crippen LogP contribution in [0.25, 0.3) is 0 Å². The van der Waals surface area contributed by atoms with Crippen molar-refractivity contribution in [3.05, 3.63) is 44.5 Å². The van der Waals surface area contributed by atoms with Gasteiger partial charge in [0.25, 0.3) is 5.91 Å². The van der Waals surface area contributed by atoms with Crippen LogP contribution < -0.4 is 0 Å². The van der Waals surface area contributed by atoms with E-state index in [-0.39, 0.29) is 5.91 Å². The van der Waals surface area contributed by atoms with Crippen LogP contribution >= 0.6 is 43.2 Å². The van der Waals surface area contributed by atoms with Gasteiger partial charge < -0.3 is 4.90 Å². The Morgan fingerprint density at radius 3 is 2.31 bits per heavy atom. The molecule has 0 fully saturated rings. The second-order valence-electron chi connectivity index (χ2n) is 3.02. The molecule has 0 N–H and O–H groups in total. The molecule has 5 heteroatoms. The molecule has 0 saturated heterocycles. The molecular weight excluding hydrogens is 354 g/mol. The number of thiophene rings is 1. The Kier molecular flexibility index (Phi) is 5.44. The molecule has 0 aromatic carbocycles. The zero-order chi connectivity index (χ0) is 12.1. The van der Waals surface area contributed by atoms with Gasteiger partial charge in [-0.1, -0.05) is 12.2 Å². The summed E-state index contributed by atoms with van der Waals surface area (Å²) in [5, 5.41) is 0. The number of amides is 1. The van der Waals surface area contributed by atoms with Gasteiger partial charge in [0, 0.05) is 17.6 Å². The van der Waals surface area contributed by atoms with Crippen molar-refractivity contribution < 1.29 is 4.79 Å². The predicted molar refractivity (Wildman–Crippen MR) is 76.0 cm³/mol. The predicted octanol–water partition coefficient (Wildman–Crippen LogP) is 4.09. The van der Waals surface area contributed by atoms with Crippen LogP contribution in [0.5, 0.6) is 0 Å². The fraction of sp³-hybridized carbons (Fsp3) is 0.182. The summed E-state index contributed by atoms with van der Waals surface area (Å²) < 4.78 is 1.83. The van der Waals surface area contributed by atoms with E-state index in [2.05, 4.69) is 45.0 Å². The Labute approximate surface area is 116 Å². The first-order valence-electron chi connectivity index (χ1n) is 4.56. The summed E-state index contributed by atoms with van der Waals surface area (Å²) >= 11 is 8.15. The molecule has 0 radical (unpaired) electrons. The largest absolute Gasteiger partial charge is 0.331 e. The second kappa shape index (κ2) is 6.37. The average molecular weight is 365 g/mol. The summed E-state index contributed by atoms with van der Waals surface area (Å²) in [6.07, 6.45) is 3.41. The number of carbonyl (C=O) groups excluding carboxylic acids is 1. The molecule has 0 aliphatic heterocycles. The standard InChI is InChI=1S/C11H11Br2NOS/c1-3-5-14(6-4-2)11(15)9-7-8(12)10(13)16-9/h3-4,7H,1-2,5-6H2. The molecule has 1 aromatic heterocycles. The number of hydrogen-bond donors (Lipinski definition) is 0. The molecule has 1 heterocycles. The highest BCUT2D eigenvalue weighted by molar-refractivity contribution is 9.13. The Morgan fingerprint density at radius 1 is 1.38 bits per heavy atom. The first kappa shape index (κ1) is 13.7. The first-order chi connectivity index (χ1) is 7.60. The van der Waals surface area contributed by atoms with Gasteiger partial charge >= 0.3 is 0 Å². The topological polar surface area (TPSA) is 20.3 Å². The van der Waals surface area contributed by atoms with Crippen LogP contribution in [0.15, 0.2) is 39.6 Å². The van der Waals surface area contributed by atoms with Gasteiger partial charge in [-0.25, -0.2) is 0 Å². The van der Waals surface area contributed by atoms with E-state index >= 15 is 0 Å². The number of carbonyl (C=O) groups is 1. The molecule has 1 amide bonds. The Hall–Kier alpha value is -0.390. The third-order valence-electron chi connectivity index (χ3n) is 1.84. The second-order valence-corrected chi connectivity index (χ2v) is 6.24. The summed E-state index contributed by atoms with van der Waals surface area (Å²) in [5.41, 5.74) is 0. The highest BCUT2D eigenvalue weighted by Crippen LogP contribution is 2.32. The Balaban J connectivity index is 2.88. The molecule has 0 saturated carbocycles. The lowest BCUT2D eigenvalue weighted by atomic mass is 10.3. The number of halogens is 2. The fourth-order valence-electron chi connectivity index (χ4n) is 1.16. The van der Waals surface area contributed by atoms with Gasteiger partial charge in [0.15, 0.2) is 0 Å². The van der Waals surface area contributed by atoms with Crippen LogP contribution in [-0.4, -0.2) is 23.9 Å². The van der Waals surface area contributed by atoms with Crippen molar-refractivity contribution in [2.75, 3.05) is 13.1 Å². The summed E-state index contributed by atoms with van der Waals surface area (Å²) in [5.74, 6) is -0.00352. The lowest BCUT2D eigenvalue weighted by Gasteiger charge is -2.17. The van der Waals surface area contributed by atoms with E-state index in [0.717, 1.165) is 8.26 Å². The minimum atomic E-state index is -0.00352. The molecule has 1 aromatic rings. The van der Waals surface area contributed by atoms with Crippen LogP contribution in [-0.2, 0) is 0 Å². The first-order valence-corrected chi connectivity index (χ1v) is 6.96. The SMILES string of the molecule is C=CCN(CC=C)C(=O)c1cc(Br)c(Br)s1. The minimum absolute atomic E-state index is 0.00352. The third kappa shape index (κ3) is 3.30.